The zero-order valence-electron chi connectivity index (χ0n) is 15.6. The van der Waals surface area contributed by atoms with Crippen LogP contribution in [-0.4, -0.2) is 46.1 Å². The van der Waals surface area contributed by atoms with E-state index in [1.54, 1.807) is 4.90 Å². The quantitative estimate of drug-likeness (QED) is 0.817. The van der Waals surface area contributed by atoms with Crippen molar-refractivity contribution in [1.82, 2.24) is 14.7 Å². The number of hydrogen-bond donors (Lipinski definition) is 0. The zero-order chi connectivity index (χ0) is 18.6. The lowest BCUT2D eigenvalue weighted by Crippen LogP contribution is -2.38. The van der Waals surface area contributed by atoms with Crippen LogP contribution in [0.25, 0.3) is 0 Å². The van der Waals surface area contributed by atoms with Crippen LogP contribution >= 0.6 is 0 Å². The third-order valence-corrected chi connectivity index (χ3v) is 5.71. The van der Waals surface area contributed by atoms with Crippen molar-refractivity contribution in [3.05, 3.63) is 48.3 Å². The van der Waals surface area contributed by atoms with Crippen LogP contribution < -0.4 is 4.90 Å². The van der Waals surface area contributed by atoms with Crippen molar-refractivity contribution in [3.63, 3.8) is 0 Å². The molecule has 0 atom stereocenters. The molecule has 0 N–H and O–H groups in total. The number of aromatic nitrogens is 2. The zero-order valence-corrected chi connectivity index (χ0v) is 15.6. The fourth-order valence-corrected chi connectivity index (χ4v) is 4.08. The topological polar surface area (TPSA) is 58.4 Å². The summed E-state index contributed by atoms with van der Waals surface area (Å²) in [5, 5.41) is 4.25. The van der Waals surface area contributed by atoms with Gasteiger partial charge in [0.25, 0.3) is 5.91 Å². The van der Waals surface area contributed by atoms with Crippen molar-refractivity contribution >= 4 is 17.5 Å². The van der Waals surface area contributed by atoms with Crippen molar-refractivity contribution in [2.24, 2.45) is 5.92 Å². The smallest absolute Gasteiger partial charge is 0.253 e. The van der Waals surface area contributed by atoms with Gasteiger partial charge < -0.3 is 9.80 Å². The fraction of sp³-hybridized carbons (Fsp3) is 0.476. The normalized spacial score (nSPS) is 18.3. The van der Waals surface area contributed by atoms with Crippen LogP contribution in [0.5, 0.6) is 0 Å². The van der Waals surface area contributed by atoms with E-state index in [4.69, 9.17) is 0 Å². The van der Waals surface area contributed by atoms with Gasteiger partial charge >= 0.3 is 0 Å². The molecule has 0 bridgehead atoms. The minimum absolute atomic E-state index is 0.0778. The Labute approximate surface area is 159 Å². The molecule has 2 aliphatic heterocycles. The molecule has 6 nitrogen and oxygen atoms in total. The first-order valence-corrected chi connectivity index (χ1v) is 9.88. The van der Waals surface area contributed by atoms with Crippen LogP contribution in [0.15, 0.2) is 42.7 Å². The number of piperidine rings is 1. The summed E-state index contributed by atoms with van der Waals surface area (Å²) >= 11 is 0. The van der Waals surface area contributed by atoms with Crippen LogP contribution in [0, 0.1) is 5.92 Å². The molecular weight excluding hydrogens is 340 g/mol. The first-order chi connectivity index (χ1) is 13.2. The van der Waals surface area contributed by atoms with Crippen molar-refractivity contribution in [2.75, 3.05) is 24.5 Å². The number of likely N-dealkylation sites (tertiary alicyclic amines) is 1. The molecule has 0 unspecified atom stereocenters. The highest BCUT2D eigenvalue weighted by Crippen LogP contribution is 2.25. The number of aryl methyl sites for hydroxylation is 1. The monoisotopic (exact) mass is 366 g/mol. The molecule has 142 valence electrons. The molecule has 1 aromatic carbocycles. The van der Waals surface area contributed by atoms with Crippen LogP contribution in [0.3, 0.4) is 0 Å². The van der Waals surface area contributed by atoms with Gasteiger partial charge in [-0.2, -0.15) is 5.10 Å². The van der Waals surface area contributed by atoms with Crippen LogP contribution in [0.4, 0.5) is 5.69 Å². The fourth-order valence-electron chi connectivity index (χ4n) is 4.08. The average Bonchev–Trinajstić information content (AvgIpc) is 3.38. The van der Waals surface area contributed by atoms with Gasteiger partial charge in [-0.1, -0.05) is 6.07 Å². The predicted octanol–water partition coefficient (Wildman–Crippen LogP) is 2.95. The molecule has 0 radical (unpaired) electrons. The van der Waals surface area contributed by atoms with E-state index in [-0.39, 0.29) is 11.8 Å². The first kappa shape index (κ1) is 17.8. The number of rotatable bonds is 5. The highest BCUT2D eigenvalue weighted by molar-refractivity contribution is 5.99. The van der Waals surface area contributed by atoms with Gasteiger partial charge in [-0.25, -0.2) is 0 Å². The van der Waals surface area contributed by atoms with Gasteiger partial charge in [0.2, 0.25) is 5.91 Å². The minimum Gasteiger partial charge on any atom is -0.339 e. The summed E-state index contributed by atoms with van der Waals surface area (Å²) in [6.45, 7) is 3.29. The molecule has 2 fully saturated rings. The van der Waals surface area contributed by atoms with Crippen LogP contribution in [0.2, 0.25) is 0 Å². The van der Waals surface area contributed by atoms with Gasteiger partial charge in [-0.15, -0.1) is 0 Å². The Kier molecular flexibility index (Phi) is 5.23. The summed E-state index contributed by atoms with van der Waals surface area (Å²) in [4.78, 5) is 28.6. The first-order valence-electron chi connectivity index (χ1n) is 9.88. The van der Waals surface area contributed by atoms with Crippen LogP contribution in [0.1, 0.15) is 42.5 Å². The Morgan fingerprint density at radius 1 is 1.15 bits per heavy atom. The molecule has 0 saturated carbocycles. The van der Waals surface area contributed by atoms with E-state index in [9.17, 15) is 9.59 Å². The Hall–Kier alpha value is -2.63. The molecule has 3 heterocycles. The van der Waals surface area contributed by atoms with Gasteiger partial charge in [-0.3, -0.25) is 14.3 Å². The Morgan fingerprint density at radius 3 is 2.70 bits per heavy atom. The van der Waals surface area contributed by atoms with E-state index in [1.165, 1.54) is 0 Å². The third-order valence-electron chi connectivity index (χ3n) is 5.71. The van der Waals surface area contributed by atoms with E-state index in [0.29, 0.717) is 17.9 Å². The molecule has 27 heavy (non-hydrogen) atoms. The number of nitrogens with zero attached hydrogens (tertiary/aromatic N) is 4. The van der Waals surface area contributed by atoms with Crippen molar-refractivity contribution in [3.8, 4) is 0 Å². The Morgan fingerprint density at radius 2 is 2.00 bits per heavy atom. The largest absolute Gasteiger partial charge is 0.339 e. The maximum atomic E-state index is 12.9. The number of carbonyl (C=O) groups is 2. The van der Waals surface area contributed by atoms with Gasteiger partial charge in [0.15, 0.2) is 0 Å². The standard InChI is InChI=1S/C21H26N4O2/c26-20-6-2-12-25(20)19-5-1-4-18(16-19)21(27)23-13-7-17(8-14-23)9-15-24-11-3-10-22-24/h1,3-5,10-11,16-17H,2,6-9,12-15H2. The average molecular weight is 366 g/mol. The van der Waals surface area contributed by atoms with Gasteiger partial charge in [-0.05, 0) is 55.9 Å². The maximum Gasteiger partial charge on any atom is 0.253 e. The molecule has 0 spiro atoms. The third kappa shape index (κ3) is 4.04. The molecule has 2 saturated heterocycles. The Bertz CT molecular complexity index is 794. The summed E-state index contributed by atoms with van der Waals surface area (Å²) in [5.74, 6) is 0.874. The van der Waals surface area contributed by atoms with Crippen molar-refractivity contribution in [1.29, 1.82) is 0 Å². The SMILES string of the molecule is O=C(c1cccc(N2CCCC2=O)c1)N1CCC(CCn2cccn2)CC1. The molecule has 0 aliphatic carbocycles. The highest BCUT2D eigenvalue weighted by Gasteiger charge is 2.25. The lowest BCUT2D eigenvalue weighted by molar-refractivity contribution is -0.117. The van der Waals surface area contributed by atoms with Gasteiger partial charge in [0, 0.05) is 56.2 Å². The number of hydrogen-bond acceptors (Lipinski definition) is 3. The van der Waals surface area contributed by atoms with Crippen molar-refractivity contribution in [2.45, 2.75) is 38.6 Å². The summed E-state index contributed by atoms with van der Waals surface area (Å²) < 4.78 is 1.97. The van der Waals surface area contributed by atoms with Crippen molar-refractivity contribution < 1.29 is 9.59 Å². The van der Waals surface area contributed by atoms with Gasteiger partial charge in [0.05, 0.1) is 0 Å². The van der Waals surface area contributed by atoms with E-state index in [2.05, 4.69) is 5.10 Å². The van der Waals surface area contributed by atoms with E-state index in [1.807, 2.05) is 52.3 Å². The molecule has 2 aliphatic rings. The second kappa shape index (κ2) is 7.94. The van der Waals surface area contributed by atoms with E-state index < -0.39 is 0 Å². The Balaban J connectivity index is 1.33. The molecule has 1 aromatic heterocycles. The lowest BCUT2D eigenvalue weighted by atomic mass is 9.93. The van der Waals surface area contributed by atoms with E-state index >= 15 is 0 Å². The molecule has 6 heteroatoms. The number of benzene rings is 1. The second-order valence-corrected chi connectivity index (χ2v) is 7.49. The second-order valence-electron chi connectivity index (χ2n) is 7.49. The molecule has 4 rings (SSSR count). The molecular formula is C21H26N4O2. The number of carbonyl (C=O) groups excluding carboxylic acids is 2. The highest BCUT2D eigenvalue weighted by atomic mass is 16.2. The summed E-state index contributed by atoms with van der Waals surface area (Å²) in [7, 11) is 0. The number of anilines is 1. The summed E-state index contributed by atoms with van der Waals surface area (Å²) in [5.41, 5.74) is 1.53. The minimum atomic E-state index is 0.0778. The van der Waals surface area contributed by atoms with E-state index in [0.717, 1.165) is 57.5 Å². The van der Waals surface area contributed by atoms with Crippen LogP contribution in [-0.2, 0) is 11.3 Å². The molecule has 2 amide bonds. The molecule has 2 aromatic rings. The summed E-state index contributed by atoms with van der Waals surface area (Å²) in [6.07, 6.45) is 8.49. The predicted molar refractivity (Wildman–Crippen MR) is 104 cm³/mol. The summed E-state index contributed by atoms with van der Waals surface area (Å²) in [6, 6.07) is 9.48. The lowest BCUT2D eigenvalue weighted by Gasteiger charge is -2.32. The maximum absolute atomic E-state index is 12.9. The van der Waals surface area contributed by atoms with Gasteiger partial charge in [0.1, 0.15) is 0 Å². The number of amides is 2.